The van der Waals surface area contributed by atoms with Gasteiger partial charge in [0.25, 0.3) is 0 Å². The Kier molecular flexibility index (Phi) is 2.39. The van der Waals surface area contributed by atoms with Crippen LogP contribution in [0.4, 0.5) is 0 Å². The number of rotatable bonds is 2. The van der Waals surface area contributed by atoms with Crippen molar-refractivity contribution >= 4 is 11.0 Å². The summed E-state index contributed by atoms with van der Waals surface area (Å²) in [5.41, 5.74) is 8.20. The lowest BCUT2D eigenvalue weighted by molar-refractivity contribution is 0.268. The lowest BCUT2D eigenvalue weighted by Gasteiger charge is -2.08. The van der Waals surface area contributed by atoms with Gasteiger partial charge < -0.3 is 10.8 Å². The van der Waals surface area contributed by atoms with Crippen molar-refractivity contribution in [3.05, 3.63) is 36.2 Å². The molecule has 72 valence electrons. The summed E-state index contributed by atoms with van der Waals surface area (Å²) in [6, 6.07) is 5.22. The summed E-state index contributed by atoms with van der Waals surface area (Å²) in [6.07, 6.45) is 3.28. The van der Waals surface area contributed by atoms with Gasteiger partial charge in [0, 0.05) is 12.4 Å². The topological polar surface area (TPSA) is 72.0 Å². The first kappa shape index (κ1) is 9.05. The van der Waals surface area contributed by atoms with Crippen molar-refractivity contribution in [1.29, 1.82) is 0 Å². The summed E-state index contributed by atoms with van der Waals surface area (Å²) >= 11 is 0. The van der Waals surface area contributed by atoms with Crippen LogP contribution in [0.25, 0.3) is 11.0 Å². The van der Waals surface area contributed by atoms with E-state index < -0.39 is 0 Å². The van der Waals surface area contributed by atoms with Gasteiger partial charge in [-0.25, -0.2) is 0 Å². The van der Waals surface area contributed by atoms with Crippen LogP contribution >= 0.6 is 0 Å². The molecule has 0 aliphatic heterocycles. The fraction of sp³-hybridized carbons (Fsp3) is 0.200. The standard InChI is InChI=1S/C10H11N3O/c11-8(6-14)7-1-2-9-10(5-7)13-4-3-12-9/h1-5,8,14H,6,11H2/t8-/m1/s1. The average molecular weight is 189 g/mol. The fourth-order valence-corrected chi connectivity index (χ4v) is 1.32. The first-order chi connectivity index (χ1) is 6.81. The molecular formula is C10H11N3O. The SMILES string of the molecule is N[C@H](CO)c1ccc2nccnc2c1. The van der Waals surface area contributed by atoms with E-state index >= 15 is 0 Å². The zero-order valence-corrected chi connectivity index (χ0v) is 7.59. The number of aromatic nitrogens is 2. The van der Waals surface area contributed by atoms with Crippen molar-refractivity contribution < 1.29 is 5.11 Å². The Morgan fingerprint density at radius 1 is 1.21 bits per heavy atom. The van der Waals surface area contributed by atoms with Gasteiger partial charge in [-0.3, -0.25) is 9.97 Å². The minimum atomic E-state index is -0.346. The van der Waals surface area contributed by atoms with Crippen molar-refractivity contribution in [2.75, 3.05) is 6.61 Å². The van der Waals surface area contributed by atoms with Crippen molar-refractivity contribution in [2.24, 2.45) is 5.73 Å². The Balaban J connectivity index is 2.51. The van der Waals surface area contributed by atoms with Crippen LogP contribution in [0.5, 0.6) is 0 Å². The second-order valence-electron chi connectivity index (χ2n) is 3.09. The third kappa shape index (κ3) is 1.57. The Morgan fingerprint density at radius 3 is 2.64 bits per heavy atom. The number of nitrogens with zero attached hydrogens (tertiary/aromatic N) is 2. The molecule has 0 radical (unpaired) electrons. The predicted molar refractivity (Wildman–Crippen MR) is 53.6 cm³/mol. The van der Waals surface area contributed by atoms with E-state index in [1.807, 2.05) is 18.2 Å². The summed E-state index contributed by atoms with van der Waals surface area (Å²) in [7, 11) is 0. The maximum Gasteiger partial charge on any atom is 0.0890 e. The highest BCUT2D eigenvalue weighted by molar-refractivity contribution is 5.74. The number of benzene rings is 1. The van der Waals surface area contributed by atoms with Crippen LogP contribution in [0, 0.1) is 0 Å². The highest BCUT2D eigenvalue weighted by Gasteiger charge is 2.05. The van der Waals surface area contributed by atoms with E-state index in [-0.39, 0.29) is 12.6 Å². The van der Waals surface area contributed by atoms with Gasteiger partial charge in [0.2, 0.25) is 0 Å². The van der Waals surface area contributed by atoms with E-state index in [9.17, 15) is 0 Å². The van der Waals surface area contributed by atoms with Gasteiger partial charge in [-0.15, -0.1) is 0 Å². The van der Waals surface area contributed by atoms with Crippen LogP contribution in [-0.4, -0.2) is 21.7 Å². The molecule has 0 aliphatic rings. The molecule has 1 atom stereocenters. The van der Waals surface area contributed by atoms with E-state index in [0.29, 0.717) is 0 Å². The minimum Gasteiger partial charge on any atom is -0.394 e. The largest absolute Gasteiger partial charge is 0.394 e. The molecule has 0 aliphatic carbocycles. The molecule has 3 N–H and O–H groups in total. The van der Waals surface area contributed by atoms with Crippen LogP contribution in [0.2, 0.25) is 0 Å². The van der Waals surface area contributed by atoms with Crippen molar-refractivity contribution in [3.8, 4) is 0 Å². The summed E-state index contributed by atoms with van der Waals surface area (Å²) in [6.45, 7) is -0.0637. The molecule has 0 bridgehead atoms. The monoisotopic (exact) mass is 189 g/mol. The van der Waals surface area contributed by atoms with Gasteiger partial charge >= 0.3 is 0 Å². The van der Waals surface area contributed by atoms with Gasteiger partial charge in [0.15, 0.2) is 0 Å². The van der Waals surface area contributed by atoms with Gasteiger partial charge in [0.05, 0.1) is 23.7 Å². The number of hydrogen-bond acceptors (Lipinski definition) is 4. The molecule has 1 heterocycles. The van der Waals surface area contributed by atoms with Crippen molar-refractivity contribution in [3.63, 3.8) is 0 Å². The maximum absolute atomic E-state index is 8.90. The average Bonchev–Trinajstić information content (AvgIpc) is 2.27. The smallest absolute Gasteiger partial charge is 0.0890 e. The second-order valence-corrected chi connectivity index (χ2v) is 3.09. The molecule has 14 heavy (non-hydrogen) atoms. The molecule has 2 aromatic rings. The second kappa shape index (κ2) is 3.69. The summed E-state index contributed by atoms with van der Waals surface area (Å²) in [5, 5.41) is 8.90. The maximum atomic E-state index is 8.90. The summed E-state index contributed by atoms with van der Waals surface area (Å²) in [5.74, 6) is 0. The summed E-state index contributed by atoms with van der Waals surface area (Å²) in [4.78, 5) is 8.30. The molecule has 0 fully saturated rings. The van der Waals surface area contributed by atoms with Gasteiger partial charge in [0.1, 0.15) is 0 Å². The van der Waals surface area contributed by atoms with Crippen LogP contribution in [0.15, 0.2) is 30.6 Å². The fourth-order valence-electron chi connectivity index (χ4n) is 1.32. The number of aliphatic hydroxyl groups excluding tert-OH is 1. The van der Waals surface area contributed by atoms with E-state index in [0.717, 1.165) is 16.6 Å². The zero-order valence-electron chi connectivity index (χ0n) is 7.59. The lowest BCUT2D eigenvalue weighted by atomic mass is 10.1. The Hall–Kier alpha value is -1.52. The van der Waals surface area contributed by atoms with Crippen LogP contribution in [0.1, 0.15) is 11.6 Å². The first-order valence-electron chi connectivity index (χ1n) is 4.38. The molecule has 4 heteroatoms. The first-order valence-corrected chi connectivity index (χ1v) is 4.38. The number of aliphatic hydroxyl groups is 1. The molecule has 0 amide bonds. The zero-order chi connectivity index (χ0) is 9.97. The van der Waals surface area contributed by atoms with Crippen LogP contribution in [-0.2, 0) is 0 Å². The van der Waals surface area contributed by atoms with E-state index in [1.165, 1.54) is 0 Å². The lowest BCUT2D eigenvalue weighted by Crippen LogP contribution is -2.14. The third-order valence-corrected chi connectivity index (χ3v) is 2.12. The van der Waals surface area contributed by atoms with Gasteiger partial charge in [-0.2, -0.15) is 0 Å². The number of hydrogen-bond donors (Lipinski definition) is 2. The molecule has 0 saturated heterocycles. The summed E-state index contributed by atoms with van der Waals surface area (Å²) < 4.78 is 0. The van der Waals surface area contributed by atoms with Gasteiger partial charge in [-0.05, 0) is 17.7 Å². The third-order valence-electron chi connectivity index (χ3n) is 2.12. The van der Waals surface area contributed by atoms with E-state index in [4.69, 9.17) is 10.8 Å². The van der Waals surface area contributed by atoms with Crippen molar-refractivity contribution in [2.45, 2.75) is 6.04 Å². The quantitative estimate of drug-likeness (QED) is 0.726. The highest BCUT2D eigenvalue weighted by Crippen LogP contribution is 2.15. The molecular weight excluding hydrogens is 178 g/mol. The minimum absolute atomic E-state index is 0.0637. The number of nitrogens with two attached hydrogens (primary N) is 1. The Labute approximate surface area is 81.4 Å². The van der Waals surface area contributed by atoms with Gasteiger partial charge in [-0.1, -0.05) is 6.07 Å². The molecule has 0 spiro atoms. The molecule has 1 aromatic heterocycles. The molecule has 0 saturated carbocycles. The molecule has 1 aromatic carbocycles. The van der Waals surface area contributed by atoms with Crippen molar-refractivity contribution in [1.82, 2.24) is 9.97 Å². The highest BCUT2D eigenvalue weighted by atomic mass is 16.3. The molecule has 0 unspecified atom stereocenters. The predicted octanol–water partition coefficient (Wildman–Crippen LogP) is 0.622. The van der Waals surface area contributed by atoms with E-state index in [2.05, 4.69) is 9.97 Å². The number of fused-ring (bicyclic) bond motifs is 1. The van der Waals surface area contributed by atoms with Crippen LogP contribution in [0.3, 0.4) is 0 Å². The van der Waals surface area contributed by atoms with Crippen LogP contribution < -0.4 is 5.73 Å². The Bertz CT molecular complexity index is 444. The van der Waals surface area contributed by atoms with E-state index in [1.54, 1.807) is 12.4 Å². The molecule has 4 nitrogen and oxygen atoms in total. The normalized spacial score (nSPS) is 13.0. The molecule has 2 rings (SSSR count). The Morgan fingerprint density at radius 2 is 1.93 bits per heavy atom.